The molecule has 0 bridgehead atoms. The molecular formula is C13H15N3O2S. The molecule has 1 atom stereocenters. The van der Waals surface area contributed by atoms with Gasteiger partial charge in [-0.15, -0.1) is 0 Å². The number of carbonyl (C=O) groups is 1. The summed E-state index contributed by atoms with van der Waals surface area (Å²) in [6.45, 7) is -0.0867. The van der Waals surface area contributed by atoms with Crippen LogP contribution in [0, 0.1) is 0 Å². The van der Waals surface area contributed by atoms with Crippen LogP contribution < -0.4 is 5.73 Å². The Morgan fingerprint density at radius 2 is 2.16 bits per heavy atom. The van der Waals surface area contributed by atoms with Gasteiger partial charge >= 0.3 is 0 Å². The Labute approximate surface area is 115 Å². The summed E-state index contributed by atoms with van der Waals surface area (Å²) in [5, 5.41) is 9.29. The molecule has 1 heterocycles. The van der Waals surface area contributed by atoms with Crippen LogP contribution in [0.15, 0.2) is 41.7 Å². The number of amides is 1. The van der Waals surface area contributed by atoms with E-state index >= 15 is 0 Å². The summed E-state index contributed by atoms with van der Waals surface area (Å²) in [5.41, 5.74) is 6.99. The summed E-state index contributed by atoms with van der Waals surface area (Å²) in [6, 6.07) is 9.33. The maximum absolute atomic E-state index is 11.6. The lowest BCUT2D eigenvalue weighted by atomic mass is 10.1. The van der Waals surface area contributed by atoms with Crippen molar-refractivity contribution >= 4 is 17.7 Å². The Kier molecular flexibility index (Phi) is 4.24. The zero-order chi connectivity index (χ0) is 13.8. The van der Waals surface area contributed by atoms with Crippen molar-refractivity contribution in [1.82, 2.24) is 9.55 Å². The lowest BCUT2D eigenvalue weighted by Crippen LogP contribution is -2.19. The van der Waals surface area contributed by atoms with Crippen LogP contribution in [0.5, 0.6) is 0 Å². The van der Waals surface area contributed by atoms with Crippen LogP contribution in [-0.4, -0.2) is 20.6 Å². The standard InChI is InChI=1S/C13H15N3O2S/c1-16-10(8-17)7-15-13(16)19-11(12(14)18)9-5-3-2-4-6-9/h2-7,11,17H,8H2,1H3,(H2,14,18)/t11-/m0/s1. The Morgan fingerprint density at radius 3 is 2.68 bits per heavy atom. The van der Waals surface area contributed by atoms with Crippen LogP contribution in [0.25, 0.3) is 0 Å². The molecule has 1 aromatic heterocycles. The van der Waals surface area contributed by atoms with E-state index in [1.807, 2.05) is 30.3 Å². The fraction of sp³-hybridized carbons (Fsp3) is 0.231. The van der Waals surface area contributed by atoms with E-state index in [1.54, 1.807) is 17.8 Å². The second-order valence-electron chi connectivity index (χ2n) is 4.06. The van der Waals surface area contributed by atoms with E-state index in [0.717, 1.165) is 5.56 Å². The quantitative estimate of drug-likeness (QED) is 0.805. The van der Waals surface area contributed by atoms with E-state index in [-0.39, 0.29) is 6.61 Å². The summed E-state index contributed by atoms with van der Waals surface area (Å²) in [6.07, 6.45) is 1.59. The molecular weight excluding hydrogens is 262 g/mol. The number of aromatic nitrogens is 2. The lowest BCUT2D eigenvalue weighted by Gasteiger charge is -2.13. The highest BCUT2D eigenvalue weighted by Crippen LogP contribution is 2.34. The molecule has 1 amide bonds. The van der Waals surface area contributed by atoms with E-state index in [2.05, 4.69) is 4.98 Å². The zero-order valence-electron chi connectivity index (χ0n) is 10.5. The average Bonchev–Trinajstić information content (AvgIpc) is 2.77. The van der Waals surface area contributed by atoms with Gasteiger partial charge in [-0.1, -0.05) is 42.1 Å². The van der Waals surface area contributed by atoms with E-state index in [9.17, 15) is 4.79 Å². The van der Waals surface area contributed by atoms with Crippen LogP contribution in [0.1, 0.15) is 16.5 Å². The number of primary amides is 1. The van der Waals surface area contributed by atoms with Gasteiger partial charge in [0.1, 0.15) is 5.25 Å². The van der Waals surface area contributed by atoms with Crippen LogP contribution in [0.4, 0.5) is 0 Å². The number of benzene rings is 1. The van der Waals surface area contributed by atoms with Crippen molar-refractivity contribution in [3.05, 3.63) is 47.8 Å². The van der Waals surface area contributed by atoms with Crippen molar-refractivity contribution in [1.29, 1.82) is 0 Å². The van der Waals surface area contributed by atoms with E-state index in [1.165, 1.54) is 11.8 Å². The van der Waals surface area contributed by atoms with Gasteiger partial charge in [-0.05, 0) is 5.56 Å². The van der Waals surface area contributed by atoms with Gasteiger partial charge in [-0.2, -0.15) is 0 Å². The monoisotopic (exact) mass is 277 g/mol. The topological polar surface area (TPSA) is 81.1 Å². The maximum Gasteiger partial charge on any atom is 0.235 e. The fourth-order valence-electron chi connectivity index (χ4n) is 1.71. The molecule has 0 saturated carbocycles. The molecule has 100 valence electrons. The number of hydrogen-bond acceptors (Lipinski definition) is 4. The molecule has 0 aliphatic carbocycles. The Morgan fingerprint density at radius 1 is 1.47 bits per heavy atom. The first-order valence-electron chi connectivity index (χ1n) is 5.76. The van der Waals surface area contributed by atoms with Gasteiger partial charge in [-0.3, -0.25) is 4.79 Å². The largest absolute Gasteiger partial charge is 0.390 e. The number of carbonyl (C=O) groups excluding carboxylic acids is 1. The summed E-state index contributed by atoms with van der Waals surface area (Å²) in [4.78, 5) is 15.8. The Bertz CT molecular complexity index is 569. The van der Waals surface area contributed by atoms with E-state index in [0.29, 0.717) is 10.9 Å². The fourth-order valence-corrected chi connectivity index (χ4v) is 2.71. The molecule has 3 N–H and O–H groups in total. The van der Waals surface area contributed by atoms with Crippen molar-refractivity contribution in [3.8, 4) is 0 Å². The van der Waals surface area contributed by atoms with Gasteiger partial charge in [0.25, 0.3) is 0 Å². The first-order valence-corrected chi connectivity index (χ1v) is 6.64. The maximum atomic E-state index is 11.6. The molecule has 2 rings (SSSR count). The third-order valence-electron chi connectivity index (χ3n) is 2.79. The van der Waals surface area contributed by atoms with E-state index in [4.69, 9.17) is 10.8 Å². The molecule has 0 aliphatic rings. The molecule has 0 unspecified atom stereocenters. The summed E-state index contributed by atoms with van der Waals surface area (Å²) in [7, 11) is 1.80. The molecule has 1 aromatic carbocycles. The molecule has 0 saturated heterocycles. The van der Waals surface area contributed by atoms with Crippen LogP contribution >= 0.6 is 11.8 Å². The van der Waals surface area contributed by atoms with Gasteiger partial charge < -0.3 is 15.4 Å². The summed E-state index contributed by atoms with van der Waals surface area (Å²) >= 11 is 1.28. The highest BCUT2D eigenvalue weighted by molar-refractivity contribution is 8.00. The summed E-state index contributed by atoms with van der Waals surface area (Å²) < 4.78 is 1.75. The number of rotatable bonds is 5. The van der Waals surface area contributed by atoms with Crippen LogP contribution in [-0.2, 0) is 18.4 Å². The molecule has 0 radical (unpaired) electrons. The zero-order valence-corrected chi connectivity index (χ0v) is 11.3. The van der Waals surface area contributed by atoms with Crippen molar-refractivity contribution in [2.75, 3.05) is 0 Å². The van der Waals surface area contributed by atoms with Crippen molar-refractivity contribution in [3.63, 3.8) is 0 Å². The Balaban J connectivity index is 2.27. The molecule has 5 nitrogen and oxygen atoms in total. The highest BCUT2D eigenvalue weighted by atomic mass is 32.2. The van der Waals surface area contributed by atoms with Gasteiger partial charge in [-0.25, -0.2) is 4.98 Å². The number of aliphatic hydroxyl groups is 1. The highest BCUT2D eigenvalue weighted by Gasteiger charge is 2.21. The average molecular weight is 277 g/mol. The minimum Gasteiger partial charge on any atom is -0.390 e. The third-order valence-corrected chi connectivity index (χ3v) is 4.12. The van der Waals surface area contributed by atoms with Crippen molar-refractivity contribution < 1.29 is 9.90 Å². The van der Waals surface area contributed by atoms with Crippen molar-refractivity contribution in [2.45, 2.75) is 17.0 Å². The number of nitrogens with zero attached hydrogens (tertiary/aromatic N) is 2. The molecule has 19 heavy (non-hydrogen) atoms. The first-order chi connectivity index (χ1) is 9.13. The Hall–Kier alpha value is -1.79. The molecule has 6 heteroatoms. The second kappa shape index (κ2) is 5.90. The van der Waals surface area contributed by atoms with Gasteiger partial charge in [0, 0.05) is 7.05 Å². The van der Waals surface area contributed by atoms with Gasteiger partial charge in [0.15, 0.2) is 5.16 Å². The smallest absolute Gasteiger partial charge is 0.235 e. The minimum atomic E-state index is -0.492. The number of thioether (sulfide) groups is 1. The first kappa shape index (κ1) is 13.6. The van der Waals surface area contributed by atoms with Gasteiger partial charge in [0.05, 0.1) is 18.5 Å². The lowest BCUT2D eigenvalue weighted by molar-refractivity contribution is -0.117. The van der Waals surface area contributed by atoms with Crippen LogP contribution in [0.2, 0.25) is 0 Å². The second-order valence-corrected chi connectivity index (χ2v) is 5.13. The minimum absolute atomic E-state index is 0.0867. The number of imidazole rings is 1. The predicted octanol–water partition coefficient (Wildman–Crippen LogP) is 1.23. The molecule has 0 aliphatic heterocycles. The molecule has 2 aromatic rings. The third kappa shape index (κ3) is 2.97. The number of aliphatic hydroxyl groups excluding tert-OH is 1. The normalized spacial score (nSPS) is 12.3. The van der Waals surface area contributed by atoms with E-state index < -0.39 is 11.2 Å². The number of hydrogen-bond donors (Lipinski definition) is 2. The SMILES string of the molecule is Cn1c(CO)cnc1S[C@H](C(N)=O)c1ccccc1. The van der Waals surface area contributed by atoms with Crippen LogP contribution in [0.3, 0.4) is 0 Å². The number of nitrogens with two attached hydrogens (primary N) is 1. The van der Waals surface area contributed by atoms with Gasteiger partial charge in [0.2, 0.25) is 5.91 Å². The molecule has 0 fully saturated rings. The molecule has 0 spiro atoms. The van der Waals surface area contributed by atoms with Crippen molar-refractivity contribution in [2.24, 2.45) is 12.8 Å². The summed E-state index contributed by atoms with van der Waals surface area (Å²) in [5.74, 6) is -0.412. The predicted molar refractivity (Wildman–Crippen MR) is 73.4 cm³/mol.